The van der Waals surface area contributed by atoms with Gasteiger partial charge in [0.2, 0.25) is 11.4 Å². The normalized spacial score (nSPS) is 31.7. The summed E-state index contributed by atoms with van der Waals surface area (Å²) < 4.78 is 36.7. The average molecular weight is 712 g/mol. The maximum absolute atomic E-state index is 12.8. The molecule has 0 saturated carbocycles. The smallest absolute Gasteiger partial charge is 0.340 e. The van der Waals surface area contributed by atoms with E-state index in [0.717, 1.165) is 11.1 Å². The van der Waals surface area contributed by atoms with Crippen LogP contribution in [0.15, 0.2) is 42.5 Å². The maximum Gasteiger partial charge on any atom is 0.340 e. The highest BCUT2D eigenvalue weighted by atomic mass is 16.7. The highest BCUT2D eigenvalue weighted by Gasteiger charge is 2.76. The molecule has 0 radical (unpaired) electrons. The molecule has 3 aromatic rings. The SMILES string of the molecule is CNCc1cc(OC)c(OC)c2c1[C@@H]1COc3cc(O[C@]4(CO)O[C@@]5(C(=O)O)[C@@H](NC)CN[C@@](O)([C@H]4O)[C@@H]5O)cc(-c4cccc(O)c4)c3[C@@H]1O2. The quantitative estimate of drug-likeness (QED) is 0.134. The Bertz CT molecular complexity index is 1860. The first-order chi connectivity index (χ1) is 24.4. The van der Waals surface area contributed by atoms with E-state index in [0.29, 0.717) is 40.5 Å². The minimum absolute atomic E-state index is 0.0336. The van der Waals surface area contributed by atoms with Crippen LogP contribution in [0.4, 0.5) is 0 Å². The molecule has 9 N–H and O–H groups in total. The van der Waals surface area contributed by atoms with Crippen molar-refractivity contribution in [3.8, 4) is 45.6 Å². The molecule has 8 atom stereocenters. The number of ether oxygens (including phenoxy) is 6. The molecule has 0 amide bonds. The predicted octanol–water partition coefficient (Wildman–Crippen LogP) is -0.0719. The maximum atomic E-state index is 12.8. The van der Waals surface area contributed by atoms with Gasteiger partial charge in [-0.2, -0.15) is 0 Å². The van der Waals surface area contributed by atoms with E-state index in [4.69, 9.17) is 28.4 Å². The second-order valence-corrected chi connectivity index (χ2v) is 13.1. The number of aliphatic hydroxyl groups is 4. The molecular weight excluding hydrogens is 670 g/mol. The van der Waals surface area contributed by atoms with Crippen LogP contribution in [0.25, 0.3) is 11.1 Å². The second-order valence-electron chi connectivity index (χ2n) is 13.1. The second kappa shape index (κ2) is 12.7. The third kappa shape index (κ3) is 5.01. The van der Waals surface area contributed by atoms with Crippen molar-refractivity contribution in [2.75, 3.05) is 48.1 Å². The first kappa shape index (κ1) is 35.0. The zero-order valence-electron chi connectivity index (χ0n) is 28.3. The van der Waals surface area contributed by atoms with Crippen LogP contribution in [0, 0.1) is 0 Å². The number of hydrogen-bond acceptors (Lipinski definition) is 15. The van der Waals surface area contributed by atoms with Crippen molar-refractivity contribution in [1.29, 1.82) is 0 Å². The third-order valence-electron chi connectivity index (χ3n) is 10.4. The number of nitrogens with one attached hydrogen (secondary N) is 3. The summed E-state index contributed by atoms with van der Waals surface area (Å²) in [5.74, 6) is -2.99. The van der Waals surface area contributed by atoms with E-state index < -0.39 is 54.0 Å². The van der Waals surface area contributed by atoms with Gasteiger partial charge in [-0.1, -0.05) is 12.1 Å². The Morgan fingerprint density at radius 3 is 2.51 bits per heavy atom. The molecule has 2 bridgehead atoms. The molecule has 2 saturated heterocycles. The van der Waals surface area contributed by atoms with Gasteiger partial charge in [-0.15, -0.1) is 0 Å². The molecule has 0 spiro atoms. The predicted molar refractivity (Wildman–Crippen MR) is 177 cm³/mol. The summed E-state index contributed by atoms with van der Waals surface area (Å²) in [6.07, 6.45) is -5.02. The lowest BCUT2D eigenvalue weighted by molar-refractivity contribution is -0.411. The van der Waals surface area contributed by atoms with Crippen molar-refractivity contribution in [2.45, 2.75) is 53.9 Å². The van der Waals surface area contributed by atoms with E-state index in [-0.39, 0.29) is 36.3 Å². The van der Waals surface area contributed by atoms with Gasteiger partial charge >= 0.3 is 5.97 Å². The Hall–Kier alpha value is -4.39. The van der Waals surface area contributed by atoms with Crippen molar-refractivity contribution in [3.05, 3.63) is 59.2 Å². The molecule has 16 nitrogen and oxygen atoms in total. The Morgan fingerprint density at radius 2 is 1.86 bits per heavy atom. The van der Waals surface area contributed by atoms with Crippen LogP contribution in [-0.4, -0.2) is 120 Å². The van der Waals surface area contributed by atoms with Crippen LogP contribution in [0.1, 0.15) is 28.7 Å². The molecule has 3 aromatic carbocycles. The summed E-state index contributed by atoms with van der Waals surface area (Å²) in [6, 6.07) is 10.2. The molecule has 4 aliphatic heterocycles. The number of benzene rings is 3. The highest BCUT2D eigenvalue weighted by Crippen LogP contribution is 2.60. The summed E-state index contributed by atoms with van der Waals surface area (Å²) in [6.45, 7) is -0.705. The lowest BCUT2D eigenvalue weighted by Gasteiger charge is -2.61. The van der Waals surface area contributed by atoms with Gasteiger partial charge in [0.15, 0.2) is 23.3 Å². The van der Waals surface area contributed by atoms with E-state index >= 15 is 0 Å². The van der Waals surface area contributed by atoms with Gasteiger partial charge in [0.1, 0.15) is 36.1 Å². The molecular formula is C35H41N3O13. The number of aliphatic carboxylic acids is 1. The topological polar surface area (TPSA) is 230 Å². The lowest BCUT2D eigenvalue weighted by Crippen LogP contribution is -2.90. The molecule has 16 heteroatoms. The molecule has 4 heterocycles. The van der Waals surface area contributed by atoms with E-state index in [1.54, 1.807) is 25.3 Å². The number of aliphatic hydroxyl groups excluding tert-OH is 3. The van der Waals surface area contributed by atoms with Gasteiger partial charge in [-0.3, -0.25) is 5.32 Å². The minimum Gasteiger partial charge on any atom is -0.508 e. The van der Waals surface area contributed by atoms with Crippen LogP contribution in [0.2, 0.25) is 0 Å². The van der Waals surface area contributed by atoms with E-state index in [2.05, 4.69) is 16.0 Å². The zero-order chi connectivity index (χ0) is 36.5. The molecule has 0 aliphatic carbocycles. The van der Waals surface area contributed by atoms with Crippen molar-refractivity contribution in [3.63, 3.8) is 0 Å². The number of phenolic OH excluding ortho intramolecular Hbond substituents is 1. The number of carbonyl (C=O) groups is 1. The van der Waals surface area contributed by atoms with Gasteiger partial charge in [-0.05, 0) is 55.1 Å². The Balaban J connectivity index is 1.38. The highest BCUT2D eigenvalue weighted by molar-refractivity contribution is 5.81. The molecule has 4 aliphatic rings. The zero-order valence-corrected chi connectivity index (χ0v) is 28.3. The molecule has 51 heavy (non-hydrogen) atoms. The van der Waals surface area contributed by atoms with Crippen molar-refractivity contribution in [2.24, 2.45) is 0 Å². The Labute approximate surface area is 292 Å². The molecule has 7 rings (SSSR count). The number of carboxylic acids is 1. The third-order valence-corrected chi connectivity index (χ3v) is 10.4. The molecule has 0 aromatic heterocycles. The summed E-state index contributed by atoms with van der Waals surface area (Å²) in [7, 11) is 6.34. The van der Waals surface area contributed by atoms with E-state index in [1.807, 2.05) is 13.1 Å². The fourth-order valence-corrected chi connectivity index (χ4v) is 7.98. The van der Waals surface area contributed by atoms with Crippen LogP contribution in [0.5, 0.6) is 34.5 Å². The number of aromatic hydroxyl groups is 1. The van der Waals surface area contributed by atoms with Crippen molar-refractivity contribution < 1.29 is 63.9 Å². The first-order valence-corrected chi connectivity index (χ1v) is 16.4. The summed E-state index contributed by atoms with van der Waals surface area (Å²) in [5, 5.41) is 74.5. The number of methoxy groups -OCH3 is 2. The van der Waals surface area contributed by atoms with Gasteiger partial charge in [0.25, 0.3) is 5.79 Å². The van der Waals surface area contributed by atoms with E-state index in [9.17, 15) is 35.4 Å². The largest absolute Gasteiger partial charge is 0.508 e. The Kier molecular flexibility index (Phi) is 8.71. The van der Waals surface area contributed by atoms with Crippen molar-refractivity contribution >= 4 is 5.97 Å². The standard InChI is InChI=1S/C35H41N3O13/c1-36-12-17-9-23(46-3)28(47-4)29-25(17)21-14-48-22-11-19(10-20(26(22)27(21)49-29)16-6-5-7-18(40)8-16)50-33(15-39)30(41)35(45)31(42)34(51-33,32(43)44)24(37-2)13-38-35/h5-11,21,24,27,30-31,36-42,45H,12-15H2,1-4H3,(H,43,44)/t21-,24-,27+,30-,31+,33+,34-,35+/m0/s1. The average Bonchev–Trinajstić information content (AvgIpc) is 3.52. The Morgan fingerprint density at radius 1 is 1.08 bits per heavy atom. The van der Waals surface area contributed by atoms with Crippen LogP contribution >= 0.6 is 0 Å². The molecule has 274 valence electrons. The summed E-state index contributed by atoms with van der Waals surface area (Å²) in [4.78, 5) is 12.8. The van der Waals surface area contributed by atoms with Gasteiger partial charge in [0.05, 0.1) is 32.8 Å². The number of fused-ring (bicyclic) bond motifs is 7. The number of rotatable bonds is 10. The summed E-state index contributed by atoms with van der Waals surface area (Å²) in [5.41, 5.74) is -1.87. The fraction of sp³-hybridized carbons (Fsp3) is 0.457. The number of piperidine rings is 1. The van der Waals surface area contributed by atoms with Gasteiger partial charge < -0.3 is 69.7 Å². The monoisotopic (exact) mass is 711 g/mol. The van der Waals surface area contributed by atoms with Crippen molar-refractivity contribution in [1.82, 2.24) is 16.0 Å². The van der Waals surface area contributed by atoms with Crippen LogP contribution in [0.3, 0.4) is 0 Å². The number of likely N-dealkylation sites (N-methyl/N-ethyl adjacent to an activating group) is 1. The van der Waals surface area contributed by atoms with Gasteiger partial charge in [0, 0.05) is 30.3 Å². The van der Waals surface area contributed by atoms with Gasteiger partial charge in [-0.25, -0.2) is 4.79 Å². The van der Waals surface area contributed by atoms with E-state index in [1.165, 1.54) is 32.4 Å². The first-order valence-electron chi connectivity index (χ1n) is 16.4. The fourth-order valence-electron chi connectivity index (χ4n) is 7.98. The summed E-state index contributed by atoms with van der Waals surface area (Å²) >= 11 is 0. The number of phenols is 1. The minimum atomic E-state index is -2.67. The van der Waals surface area contributed by atoms with Crippen LogP contribution < -0.4 is 39.6 Å². The number of carboxylic acid groups (broad SMARTS) is 1. The number of hydrogen-bond donors (Lipinski definition) is 9. The molecule has 2 fully saturated rings. The van der Waals surface area contributed by atoms with Crippen LogP contribution in [-0.2, 0) is 16.1 Å². The lowest BCUT2D eigenvalue weighted by atomic mass is 9.71. The molecule has 0 unspecified atom stereocenters.